The number of aromatic nitrogens is 1. The number of ketones is 1. The minimum Gasteiger partial charge on any atom is -0.505 e. The van der Waals surface area contributed by atoms with E-state index in [2.05, 4.69) is 21.8 Å². The van der Waals surface area contributed by atoms with Crippen molar-refractivity contribution in [2.24, 2.45) is 10.2 Å². The van der Waals surface area contributed by atoms with Crippen LogP contribution in [0.3, 0.4) is 0 Å². The molecule has 0 spiro atoms. The van der Waals surface area contributed by atoms with Crippen LogP contribution in [0.15, 0.2) is 33.8 Å². The van der Waals surface area contributed by atoms with Crippen molar-refractivity contribution in [2.75, 3.05) is 0 Å². The molecular weight excluding hydrogens is 390 g/mol. The summed E-state index contributed by atoms with van der Waals surface area (Å²) in [4.78, 5) is 15.6. The molecule has 0 aliphatic heterocycles. The number of carbonyl (C=O) groups is 1. The van der Waals surface area contributed by atoms with Crippen molar-refractivity contribution in [3.63, 3.8) is 0 Å². The van der Waals surface area contributed by atoms with Crippen LogP contribution in [0.2, 0.25) is 0 Å². The molecule has 0 saturated carbocycles. The largest absolute Gasteiger partial charge is 0.505 e. The molecule has 0 bridgehead atoms. The van der Waals surface area contributed by atoms with E-state index in [9.17, 15) is 22.9 Å². The van der Waals surface area contributed by atoms with Gasteiger partial charge in [0, 0.05) is 18.1 Å². The zero-order chi connectivity index (χ0) is 20.4. The number of allylic oxidation sites excluding steroid dienone is 1. The first kappa shape index (κ1) is 20.6. The van der Waals surface area contributed by atoms with E-state index in [0.29, 0.717) is 10.6 Å². The Morgan fingerprint density at radius 2 is 2.00 bits per heavy atom. The number of hydrogen-bond donors (Lipinski definition) is 2. The van der Waals surface area contributed by atoms with Crippen LogP contribution < -0.4 is 0 Å². The molecule has 0 atom stereocenters. The Kier molecular flexibility index (Phi) is 6.04. The molecule has 0 aliphatic rings. The van der Waals surface area contributed by atoms with Crippen molar-refractivity contribution in [2.45, 2.75) is 25.7 Å². The highest BCUT2D eigenvalue weighted by Crippen LogP contribution is 2.39. The van der Waals surface area contributed by atoms with Gasteiger partial charge in [-0.05, 0) is 19.9 Å². The van der Waals surface area contributed by atoms with Gasteiger partial charge in [0.15, 0.2) is 11.5 Å². The fourth-order valence-corrected chi connectivity index (χ4v) is 3.85. The first-order valence-corrected chi connectivity index (χ1v) is 9.88. The average molecular weight is 407 g/mol. The first-order chi connectivity index (χ1) is 12.6. The Labute approximate surface area is 160 Å². The maximum absolute atomic E-state index is 11.7. The third-order valence-electron chi connectivity index (χ3n) is 3.48. The standard InChI is InChI=1S/C17H17N3O5S2/c1-5-7-12-11(6-2)15(22)13(8-14(12)27(23,24)25)19-20-17-18-9(3)16(26-17)10(4)21/h5-8,22H,2H2,1,3-4H3,(H,23,24,25)/b7-5-,20-19+. The van der Waals surface area contributed by atoms with E-state index in [1.807, 2.05) is 0 Å². The topological polar surface area (TPSA) is 129 Å². The van der Waals surface area contributed by atoms with Crippen molar-refractivity contribution < 1.29 is 22.9 Å². The van der Waals surface area contributed by atoms with Gasteiger partial charge >= 0.3 is 0 Å². The Bertz CT molecular complexity index is 1080. The van der Waals surface area contributed by atoms with E-state index < -0.39 is 15.0 Å². The molecule has 1 aromatic carbocycles. The fourth-order valence-electron chi connectivity index (χ4n) is 2.35. The maximum atomic E-state index is 11.7. The second kappa shape index (κ2) is 7.91. The summed E-state index contributed by atoms with van der Waals surface area (Å²) in [5.41, 5.74) is 0.467. The van der Waals surface area contributed by atoms with Crippen molar-refractivity contribution in [1.82, 2.24) is 4.98 Å². The Balaban J connectivity index is 2.65. The minimum atomic E-state index is -4.59. The summed E-state index contributed by atoms with van der Waals surface area (Å²) in [7, 11) is -4.59. The number of azo groups is 1. The molecule has 10 heteroatoms. The molecule has 8 nitrogen and oxygen atoms in total. The van der Waals surface area contributed by atoms with Crippen molar-refractivity contribution in [1.29, 1.82) is 0 Å². The normalized spacial score (nSPS) is 12.1. The zero-order valence-corrected chi connectivity index (χ0v) is 16.4. The maximum Gasteiger partial charge on any atom is 0.295 e. The molecule has 0 amide bonds. The molecule has 27 heavy (non-hydrogen) atoms. The van der Waals surface area contributed by atoms with Gasteiger partial charge in [-0.15, -0.1) is 10.2 Å². The lowest BCUT2D eigenvalue weighted by Crippen LogP contribution is -2.02. The van der Waals surface area contributed by atoms with E-state index in [0.717, 1.165) is 17.4 Å². The summed E-state index contributed by atoms with van der Waals surface area (Å²) in [6, 6.07) is 1.00. The molecule has 142 valence electrons. The van der Waals surface area contributed by atoms with Gasteiger partial charge in [0.05, 0.1) is 10.6 Å². The third kappa shape index (κ3) is 4.35. The summed E-state index contributed by atoms with van der Waals surface area (Å²) in [6.07, 6.45) is 4.23. The van der Waals surface area contributed by atoms with Gasteiger partial charge in [-0.1, -0.05) is 36.1 Å². The third-order valence-corrected chi connectivity index (χ3v) is 5.52. The lowest BCUT2D eigenvalue weighted by Gasteiger charge is -2.11. The molecule has 0 radical (unpaired) electrons. The predicted molar refractivity (Wildman–Crippen MR) is 104 cm³/mol. The fraction of sp³-hybridized carbons (Fsp3) is 0.176. The van der Waals surface area contributed by atoms with Crippen LogP contribution >= 0.6 is 11.3 Å². The molecule has 2 aromatic rings. The van der Waals surface area contributed by atoms with Crippen LogP contribution in [-0.4, -0.2) is 28.8 Å². The monoisotopic (exact) mass is 407 g/mol. The van der Waals surface area contributed by atoms with Gasteiger partial charge in [-0.3, -0.25) is 9.35 Å². The van der Waals surface area contributed by atoms with E-state index in [-0.39, 0.29) is 33.5 Å². The van der Waals surface area contributed by atoms with Gasteiger partial charge in [0.2, 0.25) is 5.13 Å². The quantitative estimate of drug-likeness (QED) is 0.406. The van der Waals surface area contributed by atoms with Crippen LogP contribution in [0.4, 0.5) is 10.8 Å². The molecule has 0 unspecified atom stereocenters. The van der Waals surface area contributed by atoms with Crippen LogP contribution in [0.5, 0.6) is 5.75 Å². The smallest absolute Gasteiger partial charge is 0.295 e. The van der Waals surface area contributed by atoms with Gasteiger partial charge in [-0.25, -0.2) is 4.98 Å². The minimum absolute atomic E-state index is 0.0791. The summed E-state index contributed by atoms with van der Waals surface area (Å²) in [5.74, 6) is -0.512. The van der Waals surface area contributed by atoms with Gasteiger partial charge in [0.25, 0.3) is 10.1 Å². The van der Waals surface area contributed by atoms with Crippen LogP contribution in [0.1, 0.15) is 40.3 Å². The Hall–Kier alpha value is -2.69. The first-order valence-electron chi connectivity index (χ1n) is 7.62. The van der Waals surface area contributed by atoms with Crippen molar-refractivity contribution in [3.8, 4) is 5.75 Å². The van der Waals surface area contributed by atoms with Crippen molar-refractivity contribution in [3.05, 3.63) is 40.4 Å². The van der Waals surface area contributed by atoms with E-state index in [1.165, 1.54) is 19.1 Å². The number of thiazole rings is 1. The van der Waals surface area contributed by atoms with Gasteiger partial charge in [0.1, 0.15) is 10.6 Å². The number of benzene rings is 1. The van der Waals surface area contributed by atoms with Gasteiger partial charge < -0.3 is 5.11 Å². The molecule has 2 N–H and O–H groups in total. The summed E-state index contributed by atoms with van der Waals surface area (Å²) in [5, 5.41) is 18.3. The number of aromatic hydroxyl groups is 1. The molecule has 1 heterocycles. The number of hydrogen-bond acceptors (Lipinski definition) is 8. The van der Waals surface area contributed by atoms with Crippen LogP contribution in [0, 0.1) is 6.92 Å². The SMILES string of the molecule is C=Cc1c(O)c(/N=N/c2nc(C)c(C(C)=O)s2)cc(S(=O)(=O)O)c1/C=C\C. The molecule has 0 aliphatic carbocycles. The number of phenols is 1. The molecule has 2 rings (SSSR count). The lowest BCUT2D eigenvalue weighted by molar-refractivity contribution is 0.102. The second-order valence-corrected chi connectivity index (χ2v) is 7.78. The van der Waals surface area contributed by atoms with Crippen LogP contribution in [0.25, 0.3) is 12.2 Å². The Morgan fingerprint density at radius 1 is 1.33 bits per heavy atom. The van der Waals surface area contributed by atoms with Crippen molar-refractivity contribution >= 4 is 50.2 Å². The Morgan fingerprint density at radius 3 is 2.48 bits per heavy atom. The van der Waals surface area contributed by atoms with E-state index in [4.69, 9.17) is 0 Å². The number of carbonyl (C=O) groups excluding carboxylic acids is 1. The molecule has 0 saturated heterocycles. The van der Waals surface area contributed by atoms with Gasteiger partial charge in [-0.2, -0.15) is 8.42 Å². The predicted octanol–water partition coefficient (Wildman–Crippen LogP) is 4.70. The average Bonchev–Trinajstić information content (AvgIpc) is 2.94. The summed E-state index contributed by atoms with van der Waals surface area (Å²) >= 11 is 1.02. The van der Waals surface area contributed by atoms with E-state index >= 15 is 0 Å². The number of phenolic OH excluding ortho intramolecular Hbond substituents is 1. The molecule has 0 fully saturated rings. The summed E-state index contributed by atoms with van der Waals surface area (Å²) < 4.78 is 33.0. The number of aryl methyl sites for hydroxylation is 1. The molecular formula is C17H17N3O5S2. The lowest BCUT2D eigenvalue weighted by atomic mass is 10.0. The summed E-state index contributed by atoms with van der Waals surface area (Å²) in [6.45, 7) is 8.28. The van der Waals surface area contributed by atoms with E-state index in [1.54, 1.807) is 19.9 Å². The number of nitrogens with zero attached hydrogens (tertiary/aromatic N) is 3. The zero-order valence-electron chi connectivity index (χ0n) is 14.8. The van der Waals surface area contributed by atoms with Crippen LogP contribution in [-0.2, 0) is 10.1 Å². The number of rotatable bonds is 6. The second-order valence-electron chi connectivity index (χ2n) is 5.42. The highest BCUT2D eigenvalue weighted by molar-refractivity contribution is 7.86. The highest BCUT2D eigenvalue weighted by Gasteiger charge is 2.22. The molecule has 1 aromatic heterocycles. The number of Topliss-reactive ketones (excluding diaryl/α,β-unsaturated/α-hetero) is 1. The highest BCUT2D eigenvalue weighted by atomic mass is 32.2.